The zero-order valence-electron chi connectivity index (χ0n) is 20.1. The van der Waals surface area contributed by atoms with Crippen molar-refractivity contribution in [1.82, 2.24) is 9.36 Å². The van der Waals surface area contributed by atoms with E-state index in [0.717, 1.165) is 27.1 Å². The molecule has 1 aromatic heterocycles. The Kier molecular flexibility index (Phi) is 4.18. The second-order valence-corrected chi connectivity index (χ2v) is 10.7. The molecule has 2 aliphatic rings. The number of rotatable bonds is 1. The van der Waals surface area contributed by atoms with Crippen LogP contribution in [0.15, 0.2) is 94.0 Å². The van der Waals surface area contributed by atoms with E-state index >= 15 is 0 Å². The van der Waals surface area contributed by atoms with Crippen molar-refractivity contribution in [3.8, 4) is 0 Å². The van der Waals surface area contributed by atoms with E-state index in [1.54, 1.807) is 28.9 Å². The maximum Gasteiger partial charge on any atom is 0.277 e. The first-order chi connectivity index (χ1) is 17.4. The fourth-order valence-corrected chi connectivity index (χ4v) is 6.30. The highest BCUT2D eigenvalue weighted by atomic mass is 16.2. The van der Waals surface area contributed by atoms with E-state index in [0.29, 0.717) is 34.9 Å². The molecule has 176 valence electrons. The van der Waals surface area contributed by atoms with Crippen LogP contribution in [0.2, 0.25) is 0 Å². The maximum absolute atomic E-state index is 14.1. The van der Waals surface area contributed by atoms with Gasteiger partial charge in [-0.15, -0.1) is 0 Å². The molecule has 1 aliphatic carbocycles. The van der Waals surface area contributed by atoms with Crippen LogP contribution in [0.3, 0.4) is 0 Å². The SMILES string of the molecule is CC1(C)CC(=O)C2=C(C1)n1c(=O)c3ccccc3c(=O)n1C2c1c2ccccc2cc2ccccc12. The Bertz CT molecular complexity index is 1880. The van der Waals surface area contributed by atoms with Gasteiger partial charge >= 0.3 is 0 Å². The van der Waals surface area contributed by atoms with Gasteiger partial charge < -0.3 is 0 Å². The minimum absolute atomic E-state index is 0.00215. The van der Waals surface area contributed by atoms with Gasteiger partial charge in [-0.2, -0.15) is 0 Å². The lowest BCUT2D eigenvalue weighted by molar-refractivity contribution is -0.118. The molecule has 0 N–H and O–H groups in total. The summed E-state index contributed by atoms with van der Waals surface area (Å²) >= 11 is 0. The number of allylic oxidation sites excluding steroid dienone is 2. The molecule has 1 atom stereocenters. The molecule has 5 aromatic rings. The average Bonchev–Trinajstić information content (AvgIpc) is 3.20. The number of Topliss-reactive ketones (excluding diaryl/α,β-unsaturated/α-hetero) is 1. The number of hydrogen-bond donors (Lipinski definition) is 0. The van der Waals surface area contributed by atoms with E-state index in [9.17, 15) is 14.4 Å². The van der Waals surface area contributed by atoms with Gasteiger partial charge in [-0.1, -0.05) is 74.5 Å². The third-order valence-corrected chi connectivity index (χ3v) is 7.76. The van der Waals surface area contributed by atoms with Crippen molar-refractivity contribution < 1.29 is 4.79 Å². The number of nitrogens with zero attached hydrogens (tertiary/aromatic N) is 2. The molecule has 0 amide bonds. The number of aromatic nitrogens is 2. The molecule has 36 heavy (non-hydrogen) atoms. The standard InChI is InChI=1S/C31H24N2O3/c1-31(2)16-24-27(25(34)17-31)28(33-30(36)23-14-8-7-13-22(23)29(35)32(24)33)26-20-11-5-3-9-18(20)15-19-10-4-6-12-21(19)26/h3-15,28H,16-17H2,1-2H3. The summed E-state index contributed by atoms with van der Waals surface area (Å²) in [4.78, 5) is 41.9. The van der Waals surface area contributed by atoms with Gasteiger partial charge in [0.15, 0.2) is 5.78 Å². The number of ketones is 1. The Hall–Kier alpha value is -4.25. The fraction of sp³-hybridized carbons (Fsp3) is 0.194. The van der Waals surface area contributed by atoms with E-state index < -0.39 is 6.04 Å². The summed E-state index contributed by atoms with van der Waals surface area (Å²) < 4.78 is 3.07. The van der Waals surface area contributed by atoms with Crippen LogP contribution in [-0.2, 0) is 4.79 Å². The lowest BCUT2D eigenvalue weighted by Crippen LogP contribution is -2.37. The van der Waals surface area contributed by atoms with Crippen molar-refractivity contribution in [2.24, 2.45) is 5.41 Å². The summed E-state index contributed by atoms with van der Waals surface area (Å²) in [6.45, 7) is 4.09. The average molecular weight is 473 g/mol. The lowest BCUT2D eigenvalue weighted by Gasteiger charge is -2.30. The van der Waals surface area contributed by atoms with Crippen LogP contribution in [0, 0.1) is 5.41 Å². The number of carbonyl (C=O) groups is 1. The molecule has 0 spiro atoms. The highest BCUT2D eigenvalue weighted by Crippen LogP contribution is 2.49. The topological polar surface area (TPSA) is 61.1 Å². The highest BCUT2D eigenvalue weighted by Gasteiger charge is 2.45. The van der Waals surface area contributed by atoms with E-state index in [4.69, 9.17) is 0 Å². The second kappa shape index (κ2) is 7.14. The highest BCUT2D eigenvalue weighted by molar-refractivity contribution is 6.09. The molecule has 5 heteroatoms. The zero-order valence-corrected chi connectivity index (χ0v) is 20.1. The Morgan fingerprint density at radius 3 is 1.83 bits per heavy atom. The Morgan fingerprint density at radius 1 is 0.694 bits per heavy atom. The summed E-state index contributed by atoms with van der Waals surface area (Å²) in [5, 5.41) is 4.78. The minimum atomic E-state index is -0.676. The normalized spacial score (nSPS) is 18.7. The van der Waals surface area contributed by atoms with E-state index in [1.165, 1.54) is 4.68 Å². The number of fused-ring (bicyclic) bond motifs is 5. The first-order valence-electron chi connectivity index (χ1n) is 12.3. The van der Waals surface area contributed by atoms with Crippen LogP contribution >= 0.6 is 0 Å². The molecule has 5 nitrogen and oxygen atoms in total. The van der Waals surface area contributed by atoms with Crippen LogP contribution in [0.5, 0.6) is 0 Å². The van der Waals surface area contributed by atoms with Gasteiger partial charge in [0, 0.05) is 12.0 Å². The largest absolute Gasteiger partial charge is 0.294 e. The molecule has 0 saturated carbocycles. The summed E-state index contributed by atoms with van der Waals surface area (Å²) in [6.07, 6.45) is 0.924. The van der Waals surface area contributed by atoms with Crippen molar-refractivity contribution >= 4 is 43.8 Å². The maximum atomic E-state index is 14.1. The minimum Gasteiger partial charge on any atom is -0.294 e. The lowest BCUT2D eigenvalue weighted by atomic mass is 9.73. The smallest absolute Gasteiger partial charge is 0.277 e. The first kappa shape index (κ1) is 21.1. The molecule has 1 unspecified atom stereocenters. The van der Waals surface area contributed by atoms with Crippen molar-refractivity contribution in [3.05, 3.63) is 111 Å². The predicted molar refractivity (Wildman–Crippen MR) is 143 cm³/mol. The predicted octanol–water partition coefficient (Wildman–Crippen LogP) is 5.67. The molecule has 1 aliphatic heterocycles. The molecule has 0 bridgehead atoms. The Balaban J connectivity index is 1.71. The second-order valence-electron chi connectivity index (χ2n) is 10.7. The summed E-state index contributed by atoms with van der Waals surface area (Å²) in [5.74, 6) is 0.00215. The van der Waals surface area contributed by atoms with E-state index in [-0.39, 0.29) is 22.3 Å². The Labute approximate surface area is 206 Å². The van der Waals surface area contributed by atoms with E-state index in [2.05, 4.69) is 18.2 Å². The Morgan fingerprint density at radius 2 is 1.22 bits per heavy atom. The molecule has 4 aromatic carbocycles. The third-order valence-electron chi connectivity index (χ3n) is 7.76. The van der Waals surface area contributed by atoms with Crippen molar-refractivity contribution in [2.75, 3.05) is 0 Å². The third kappa shape index (κ3) is 2.74. The van der Waals surface area contributed by atoms with Crippen molar-refractivity contribution in [1.29, 1.82) is 0 Å². The molecule has 0 fully saturated rings. The molecular weight excluding hydrogens is 448 g/mol. The van der Waals surface area contributed by atoms with Gasteiger partial charge in [0.25, 0.3) is 11.1 Å². The summed E-state index contributed by atoms with van der Waals surface area (Å²) in [6, 6.07) is 24.6. The molecule has 2 heterocycles. The van der Waals surface area contributed by atoms with Gasteiger partial charge in [0.2, 0.25) is 0 Å². The van der Waals surface area contributed by atoms with Gasteiger partial charge in [0.1, 0.15) is 6.04 Å². The van der Waals surface area contributed by atoms with E-state index in [1.807, 2.05) is 50.2 Å². The van der Waals surface area contributed by atoms with Crippen LogP contribution in [0.4, 0.5) is 0 Å². The monoisotopic (exact) mass is 472 g/mol. The van der Waals surface area contributed by atoms with Crippen LogP contribution in [0.1, 0.15) is 38.3 Å². The molecular formula is C31H24N2O3. The summed E-state index contributed by atoms with van der Waals surface area (Å²) in [5.41, 5.74) is 1.31. The molecule has 0 radical (unpaired) electrons. The fourth-order valence-electron chi connectivity index (χ4n) is 6.30. The van der Waals surface area contributed by atoms with Gasteiger partial charge in [-0.3, -0.25) is 14.4 Å². The van der Waals surface area contributed by atoms with Crippen molar-refractivity contribution in [2.45, 2.75) is 32.7 Å². The zero-order chi connectivity index (χ0) is 24.8. The van der Waals surface area contributed by atoms with Crippen LogP contribution < -0.4 is 11.1 Å². The number of benzene rings is 4. The van der Waals surface area contributed by atoms with Crippen LogP contribution in [0.25, 0.3) is 38.0 Å². The first-order valence-corrected chi connectivity index (χ1v) is 12.3. The number of carbonyl (C=O) groups excluding carboxylic acids is 1. The van der Waals surface area contributed by atoms with Crippen LogP contribution in [-0.4, -0.2) is 15.1 Å². The molecule has 0 saturated heterocycles. The molecule has 7 rings (SSSR count). The van der Waals surface area contributed by atoms with Crippen molar-refractivity contribution in [3.63, 3.8) is 0 Å². The quantitative estimate of drug-likeness (QED) is 0.295. The van der Waals surface area contributed by atoms with Gasteiger partial charge in [-0.05, 0) is 57.1 Å². The number of hydrogen-bond acceptors (Lipinski definition) is 3. The summed E-state index contributed by atoms with van der Waals surface area (Å²) in [7, 11) is 0. The van der Waals surface area contributed by atoms with Gasteiger partial charge in [0.05, 0.1) is 16.5 Å². The van der Waals surface area contributed by atoms with Gasteiger partial charge in [-0.25, -0.2) is 9.36 Å².